The van der Waals surface area contributed by atoms with Crippen LogP contribution < -0.4 is 5.32 Å². The summed E-state index contributed by atoms with van der Waals surface area (Å²) in [6.07, 6.45) is 5.66. The smallest absolute Gasteiger partial charge is 0.253 e. The first kappa shape index (κ1) is 18.5. The van der Waals surface area contributed by atoms with E-state index in [2.05, 4.69) is 45.1 Å². The van der Waals surface area contributed by atoms with Gasteiger partial charge in [-0.05, 0) is 37.2 Å². The summed E-state index contributed by atoms with van der Waals surface area (Å²) in [7, 11) is 4.11. The summed E-state index contributed by atoms with van der Waals surface area (Å²) in [6, 6.07) is 10.2. The minimum Gasteiger partial charge on any atom is -0.347 e. The number of H-pyrrole nitrogens is 1. The first-order chi connectivity index (χ1) is 13.6. The Morgan fingerprint density at radius 3 is 2.89 bits per heavy atom. The fourth-order valence-corrected chi connectivity index (χ4v) is 3.87. The summed E-state index contributed by atoms with van der Waals surface area (Å²) >= 11 is 1.65. The van der Waals surface area contributed by atoms with E-state index in [1.165, 1.54) is 0 Å². The number of thiophene rings is 1. The second-order valence-corrected chi connectivity index (χ2v) is 8.05. The highest BCUT2D eigenvalue weighted by atomic mass is 32.1. The van der Waals surface area contributed by atoms with Gasteiger partial charge in [0.05, 0.1) is 18.3 Å². The number of aromatic amines is 1. The third-order valence-electron chi connectivity index (χ3n) is 4.75. The van der Waals surface area contributed by atoms with Crippen molar-refractivity contribution in [3.05, 3.63) is 64.7 Å². The number of carbonyl (C=O) groups is 1. The molecule has 144 valence electrons. The number of fused-ring (bicyclic) bond motifs is 1. The van der Waals surface area contributed by atoms with Crippen molar-refractivity contribution in [1.29, 1.82) is 0 Å². The van der Waals surface area contributed by atoms with Gasteiger partial charge in [-0.15, -0.1) is 11.3 Å². The Morgan fingerprint density at radius 2 is 2.18 bits per heavy atom. The number of hydrogen-bond acceptors (Lipinski definition) is 4. The van der Waals surface area contributed by atoms with E-state index in [0.717, 1.165) is 40.0 Å². The summed E-state index contributed by atoms with van der Waals surface area (Å²) in [6.45, 7) is 2.26. The van der Waals surface area contributed by atoms with Gasteiger partial charge in [-0.1, -0.05) is 18.2 Å². The predicted octanol–water partition coefficient (Wildman–Crippen LogP) is 3.58. The molecule has 4 rings (SSSR count). The van der Waals surface area contributed by atoms with Gasteiger partial charge >= 0.3 is 0 Å². The molecule has 4 aromatic rings. The lowest BCUT2D eigenvalue weighted by molar-refractivity contribution is 0.0952. The van der Waals surface area contributed by atoms with Crippen molar-refractivity contribution in [3.8, 4) is 11.1 Å². The molecule has 0 fully saturated rings. The normalized spacial score (nSPS) is 11.4. The Bertz CT molecular complexity index is 1060. The lowest BCUT2D eigenvalue weighted by Gasteiger charge is -2.11. The van der Waals surface area contributed by atoms with Gasteiger partial charge in [-0.25, -0.2) is 0 Å². The van der Waals surface area contributed by atoms with Crippen LogP contribution >= 0.6 is 11.3 Å². The largest absolute Gasteiger partial charge is 0.347 e. The molecular weight excluding hydrogens is 370 g/mol. The SMILES string of the molecule is CN(C)CCn1cc(C(=O)NCc2cccs2)c2ccc(-c3cn[nH]c3)cc21. The molecule has 6 nitrogen and oxygen atoms in total. The number of carbonyl (C=O) groups excluding carboxylic acids is 1. The second kappa shape index (κ2) is 8.00. The van der Waals surface area contributed by atoms with E-state index in [1.807, 2.05) is 48.2 Å². The predicted molar refractivity (Wildman–Crippen MR) is 114 cm³/mol. The van der Waals surface area contributed by atoms with Crippen molar-refractivity contribution in [2.24, 2.45) is 0 Å². The van der Waals surface area contributed by atoms with Crippen LogP contribution in [-0.2, 0) is 13.1 Å². The molecule has 0 spiro atoms. The summed E-state index contributed by atoms with van der Waals surface area (Å²) < 4.78 is 2.17. The van der Waals surface area contributed by atoms with Crippen molar-refractivity contribution >= 4 is 28.1 Å². The zero-order chi connectivity index (χ0) is 19.5. The van der Waals surface area contributed by atoms with Crippen molar-refractivity contribution in [1.82, 2.24) is 25.0 Å². The number of amides is 1. The Hall–Kier alpha value is -2.90. The average Bonchev–Trinajstić information content (AvgIpc) is 3.45. The highest BCUT2D eigenvalue weighted by Gasteiger charge is 2.16. The van der Waals surface area contributed by atoms with Gasteiger partial charge < -0.3 is 14.8 Å². The molecule has 0 aliphatic rings. The molecule has 0 aliphatic heterocycles. The van der Waals surface area contributed by atoms with Crippen LogP contribution in [0.5, 0.6) is 0 Å². The lowest BCUT2D eigenvalue weighted by atomic mass is 10.1. The minimum absolute atomic E-state index is 0.0435. The van der Waals surface area contributed by atoms with Crippen LogP contribution in [0.15, 0.2) is 54.3 Å². The average molecular weight is 394 g/mol. The zero-order valence-electron chi connectivity index (χ0n) is 16.0. The third kappa shape index (κ3) is 3.85. The van der Waals surface area contributed by atoms with E-state index in [9.17, 15) is 4.79 Å². The number of hydrogen-bond donors (Lipinski definition) is 2. The lowest BCUT2D eigenvalue weighted by Crippen LogP contribution is -2.22. The molecule has 3 heterocycles. The number of benzene rings is 1. The van der Waals surface area contributed by atoms with E-state index in [4.69, 9.17) is 0 Å². The molecule has 0 aliphatic carbocycles. The number of aromatic nitrogens is 3. The summed E-state index contributed by atoms with van der Waals surface area (Å²) in [5.41, 5.74) is 3.88. The van der Waals surface area contributed by atoms with E-state index in [0.29, 0.717) is 12.1 Å². The molecule has 0 saturated carbocycles. The van der Waals surface area contributed by atoms with Gasteiger partial charge in [0.15, 0.2) is 0 Å². The number of nitrogens with one attached hydrogen (secondary N) is 2. The molecule has 1 amide bonds. The fraction of sp³-hybridized carbons (Fsp3) is 0.238. The van der Waals surface area contributed by atoms with Gasteiger partial charge in [0.2, 0.25) is 0 Å². The van der Waals surface area contributed by atoms with Crippen molar-refractivity contribution < 1.29 is 4.79 Å². The Labute approximate surface area is 167 Å². The van der Waals surface area contributed by atoms with Gasteiger partial charge in [0, 0.05) is 46.8 Å². The third-order valence-corrected chi connectivity index (χ3v) is 5.63. The van der Waals surface area contributed by atoms with Crippen LogP contribution in [0, 0.1) is 0 Å². The molecule has 0 unspecified atom stereocenters. The van der Waals surface area contributed by atoms with Crippen LogP contribution in [0.4, 0.5) is 0 Å². The van der Waals surface area contributed by atoms with Gasteiger partial charge in [0.1, 0.15) is 0 Å². The highest BCUT2D eigenvalue weighted by Crippen LogP contribution is 2.27. The topological polar surface area (TPSA) is 66.0 Å². The van der Waals surface area contributed by atoms with E-state index < -0.39 is 0 Å². The maximum Gasteiger partial charge on any atom is 0.253 e. The Balaban J connectivity index is 1.68. The first-order valence-electron chi connectivity index (χ1n) is 9.19. The van der Waals surface area contributed by atoms with Crippen molar-refractivity contribution in [2.75, 3.05) is 20.6 Å². The van der Waals surface area contributed by atoms with Gasteiger partial charge in [-0.3, -0.25) is 9.89 Å². The van der Waals surface area contributed by atoms with Crippen LogP contribution in [0.2, 0.25) is 0 Å². The van der Waals surface area contributed by atoms with Gasteiger partial charge in [-0.2, -0.15) is 5.10 Å². The van der Waals surface area contributed by atoms with E-state index in [-0.39, 0.29) is 5.91 Å². The van der Waals surface area contributed by atoms with Gasteiger partial charge in [0.25, 0.3) is 5.91 Å². The molecule has 2 N–H and O–H groups in total. The van der Waals surface area contributed by atoms with Crippen LogP contribution in [-0.4, -0.2) is 46.2 Å². The maximum absolute atomic E-state index is 12.9. The quantitative estimate of drug-likeness (QED) is 0.504. The first-order valence-corrected chi connectivity index (χ1v) is 10.1. The number of nitrogens with zero attached hydrogens (tertiary/aromatic N) is 3. The molecule has 0 bridgehead atoms. The summed E-state index contributed by atoms with van der Waals surface area (Å²) in [4.78, 5) is 16.2. The molecule has 0 saturated heterocycles. The molecule has 28 heavy (non-hydrogen) atoms. The zero-order valence-corrected chi connectivity index (χ0v) is 16.8. The van der Waals surface area contributed by atoms with Crippen molar-refractivity contribution in [3.63, 3.8) is 0 Å². The van der Waals surface area contributed by atoms with Crippen LogP contribution in [0.25, 0.3) is 22.0 Å². The Kier molecular flexibility index (Phi) is 5.27. The number of rotatable bonds is 7. The maximum atomic E-state index is 12.9. The summed E-state index contributed by atoms with van der Waals surface area (Å²) in [5.74, 6) is -0.0435. The molecule has 0 radical (unpaired) electrons. The molecule has 3 aromatic heterocycles. The Morgan fingerprint density at radius 1 is 1.29 bits per heavy atom. The van der Waals surface area contributed by atoms with E-state index >= 15 is 0 Å². The fourth-order valence-electron chi connectivity index (χ4n) is 3.23. The van der Waals surface area contributed by atoms with Crippen LogP contribution in [0.3, 0.4) is 0 Å². The minimum atomic E-state index is -0.0435. The number of likely N-dealkylation sites (N-methyl/N-ethyl adjacent to an activating group) is 1. The summed E-state index contributed by atoms with van der Waals surface area (Å²) in [5, 5.41) is 12.9. The monoisotopic (exact) mass is 393 g/mol. The molecule has 7 heteroatoms. The second-order valence-electron chi connectivity index (χ2n) is 7.02. The standard InChI is InChI=1S/C21H23N5OS/c1-25(2)7-8-26-14-19(21(27)22-13-17-4-3-9-28-17)18-6-5-15(10-20(18)26)16-11-23-24-12-16/h3-6,9-12,14H,7-8,13H2,1-2H3,(H,22,27)(H,23,24). The molecule has 1 aromatic carbocycles. The molecule has 0 atom stereocenters. The highest BCUT2D eigenvalue weighted by molar-refractivity contribution is 7.09. The van der Waals surface area contributed by atoms with Crippen molar-refractivity contribution in [2.45, 2.75) is 13.1 Å². The van der Waals surface area contributed by atoms with E-state index in [1.54, 1.807) is 11.3 Å². The molecular formula is C21H23N5OS. The van der Waals surface area contributed by atoms with Crippen LogP contribution in [0.1, 0.15) is 15.2 Å².